The number of carbonyl (C=O) groups excluding carboxylic acids is 4. The Hall–Kier alpha value is -2.08. The summed E-state index contributed by atoms with van der Waals surface area (Å²) in [6.07, 6.45) is 6.28. The summed E-state index contributed by atoms with van der Waals surface area (Å²) in [5.74, 6) is -0.211. The van der Waals surface area contributed by atoms with E-state index in [2.05, 4.69) is 18.0 Å². The minimum absolute atomic E-state index is 0.211. The van der Waals surface area contributed by atoms with Gasteiger partial charge in [0.25, 0.3) is 0 Å². The second-order valence-corrected chi connectivity index (χ2v) is 8.88. The number of carbonyl (C=O) groups is 1. The summed E-state index contributed by atoms with van der Waals surface area (Å²) < 4.78 is 8.59. The number of hydrogen-bond donors (Lipinski definition) is 0. The van der Waals surface area contributed by atoms with Crippen molar-refractivity contribution in [2.45, 2.75) is 31.3 Å². The molecular formula is C18H19NO5Re-2. The molecule has 2 aliphatic heterocycles. The summed E-state index contributed by atoms with van der Waals surface area (Å²) in [4.78, 5) is 41.8. The van der Waals surface area contributed by atoms with E-state index in [9.17, 15) is 19.2 Å². The number of likely N-dealkylation sites (N-methyl/N-ethyl adjacent to an activating group) is 1. The zero-order valence-corrected chi connectivity index (χ0v) is 16.7. The van der Waals surface area contributed by atoms with Crippen molar-refractivity contribution in [3.63, 3.8) is 0 Å². The van der Waals surface area contributed by atoms with Gasteiger partial charge in [0.15, 0.2) is 5.97 Å². The zero-order chi connectivity index (χ0) is 18.7. The van der Waals surface area contributed by atoms with Crippen molar-refractivity contribution in [2.24, 2.45) is 0 Å². The van der Waals surface area contributed by atoms with Crippen molar-refractivity contribution >= 4 is 19.0 Å². The fourth-order valence-electron chi connectivity index (χ4n) is 2.64. The predicted octanol–water partition coefficient (Wildman–Crippen LogP) is 0.967. The second kappa shape index (κ2) is 11.5. The Morgan fingerprint density at radius 3 is 2.24 bits per heavy atom. The van der Waals surface area contributed by atoms with Crippen molar-refractivity contribution in [3.8, 4) is 0 Å². The summed E-state index contributed by atoms with van der Waals surface area (Å²) in [7, 11) is 3.50. The van der Waals surface area contributed by atoms with Crippen LogP contribution in [-0.2, 0) is 39.3 Å². The van der Waals surface area contributed by atoms with E-state index in [0.29, 0.717) is 6.04 Å². The van der Waals surface area contributed by atoms with Crippen LogP contribution in [0.25, 0.3) is 0 Å². The van der Waals surface area contributed by atoms with E-state index in [-0.39, 0.29) is 12.0 Å². The molecule has 1 aromatic rings. The molecule has 0 saturated carbocycles. The Balaban J connectivity index is 0.000000219. The summed E-state index contributed by atoms with van der Waals surface area (Å²) in [6.45, 7) is 0. The minimum atomic E-state index is -2.97. The molecule has 135 valence electrons. The molecule has 2 atom stereocenters. The molecule has 0 spiro atoms. The fraction of sp³-hybridized carbons (Fsp3) is 0.389. The van der Waals surface area contributed by atoms with E-state index >= 15 is 0 Å². The van der Waals surface area contributed by atoms with Gasteiger partial charge in [-0.1, -0.05) is 6.42 Å². The van der Waals surface area contributed by atoms with Crippen LogP contribution in [0.5, 0.6) is 0 Å². The molecule has 3 rings (SSSR count). The Morgan fingerprint density at radius 1 is 1.24 bits per heavy atom. The topological polar surface area (TPSA) is 80.8 Å². The molecule has 0 aromatic heterocycles. The largest absolute Gasteiger partial charge is 0.214 e. The van der Waals surface area contributed by atoms with Gasteiger partial charge < -0.3 is 14.4 Å². The molecule has 0 unspecified atom stereocenters. The van der Waals surface area contributed by atoms with Gasteiger partial charge in [0.2, 0.25) is 0 Å². The maximum absolute atomic E-state index is 11.4. The average Bonchev–Trinajstić information content (AvgIpc) is 3.28. The van der Waals surface area contributed by atoms with Crippen molar-refractivity contribution < 1.29 is 39.3 Å². The molecule has 0 amide bonds. The first kappa shape index (κ1) is 21.0. The molecule has 0 aliphatic carbocycles. The van der Waals surface area contributed by atoms with Crippen LogP contribution >= 0.6 is 0 Å². The van der Waals surface area contributed by atoms with Gasteiger partial charge >= 0.3 is 42.8 Å². The van der Waals surface area contributed by atoms with Crippen molar-refractivity contribution in [3.05, 3.63) is 42.0 Å². The number of fused-ring (bicyclic) bond motifs is 2. The molecule has 25 heavy (non-hydrogen) atoms. The first-order valence-electron chi connectivity index (χ1n) is 7.49. The van der Waals surface area contributed by atoms with Crippen LogP contribution in [0, 0.1) is 6.08 Å². The van der Waals surface area contributed by atoms with Crippen LogP contribution in [-0.4, -0.2) is 50.2 Å². The van der Waals surface area contributed by atoms with Gasteiger partial charge in [-0.2, -0.15) is 18.2 Å². The number of nitrogens with zero attached hydrogens (tertiary/aromatic N) is 1. The van der Waals surface area contributed by atoms with Gasteiger partial charge in [-0.15, -0.1) is 5.57 Å². The third kappa shape index (κ3) is 6.38. The quantitative estimate of drug-likeness (QED) is 0.410. The normalized spacial score (nSPS) is 20.2. The summed E-state index contributed by atoms with van der Waals surface area (Å²) >= 11 is -2.97. The van der Waals surface area contributed by atoms with Gasteiger partial charge in [0.1, 0.15) is 0 Å². The molecule has 1 fully saturated rings. The molecule has 6 nitrogen and oxygen atoms in total. The number of hydrogen-bond acceptors (Lipinski definition) is 6. The van der Waals surface area contributed by atoms with E-state index in [0.717, 1.165) is 18.4 Å². The molecule has 7 heteroatoms. The first-order valence-corrected chi connectivity index (χ1v) is 11.6. The molecule has 1 aromatic carbocycles. The zero-order valence-electron chi connectivity index (χ0n) is 14.0. The first-order chi connectivity index (χ1) is 12.1. The Kier molecular flexibility index (Phi) is 9.62. The monoisotopic (exact) mass is 516 g/mol. The standard InChI is InChI=1S/C10H14NO2.C5H5.3CO.Re/c1-11-7-3-5-8(10(12)13-2)9(11)6-4-7;1-2-4-5-3-1;3*1-2;/h7,9H,3-4,6H2,1-2H3;1-5H;;;;/q2*-1;;;;/t7-,9-;;;;;/m1...../s1. The summed E-state index contributed by atoms with van der Waals surface area (Å²) in [6, 6.07) is 10.9. The van der Waals surface area contributed by atoms with Gasteiger partial charge in [0, 0.05) is 6.04 Å². The summed E-state index contributed by atoms with van der Waals surface area (Å²) in [5, 5.41) is 0. The van der Waals surface area contributed by atoms with Crippen LogP contribution in [0.1, 0.15) is 19.3 Å². The third-order valence-corrected chi connectivity index (χ3v) is 5.56. The van der Waals surface area contributed by atoms with E-state index < -0.39 is 15.4 Å². The van der Waals surface area contributed by atoms with Crippen LogP contribution in [0.4, 0.5) is 0 Å². The maximum atomic E-state index is 11.4. The molecule has 2 bridgehead atoms. The summed E-state index contributed by atoms with van der Waals surface area (Å²) in [5.41, 5.74) is 0.735. The second-order valence-electron chi connectivity index (χ2n) is 5.18. The third-order valence-electron chi connectivity index (χ3n) is 3.89. The molecule has 1 saturated heterocycles. The van der Waals surface area contributed by atoms with Crippen molar-refractivity contribution in [2.75, 3.05) is 14.2 Å². The number of rotatable bonds is 1. The van der Waals surface area contributed by atoms with Gasteiger partial charge in [0.05, 0.1) is 7.11 Å². The maximum Gasteiger partial charge on any atom is -0.172 e. The number of ether oxygens (including phenoxy) is 1. The molecule has 2 heterocycles. The Morgan fingerprint density at radius 2 is 1.84 bits per heavy atom. The smallest absolute Gasteiger partial charge is 0.172 e. The molecular weight excluding hydrogens is 496 g/mol. The minimum Gasteiger partial charge on any atom is -0.214 e. The van der Waals surface area contributed by atoms with Crippen LogP contribution in [0.15, 0.2) is 35.9 Å². The van der Waals surface area contributed by atoms with Gasteiger partial charge in [-0.25, -0.2) is 12.1 Å². The van der Waals surface area contributed by atoms with E-state index in [1.165, 1.54) is 26.6 Å². The molecule has 0 radical (unpaired) electrons. The fourth-order valence-corrected chi connectivity index (χ4v) is 2.98. The van der Waals surface area contributed by atoms with Gasteiger partial charge in [-0.3, -0.25) is 6.08 Å². The Labute approximate surface area is 150 Å². The Bertz CT molecular complexity index is 743. The van der Waals surface area contributed by atoms with Crippen molar-refractivity contribution in [1.82, 2.24) is 4.90 Å². The number of esters is 1. The van der Waals surface area contributed by atoms with E-state index in [1.54, 1.807) is 0 Å². The molecule has 2 aliphatic rings. The van der Waals surface area contributed by atoms with Crippen molar-refractivity contribution in [1.29, 1.82) is 0 Å². The van der Waals surface area contributed by atoms with E-state index in [1.807, 2.05) is 30.3 Å². The van der Waals surface area contributed by atoms with Crippen LogP contribution in [0.3, 0.4) is 0 Å². The molecule has 0 N–H and O–H groups in total. The van der Waals surface area contributed by atoms with Crippen LogP contribution < -0.4 is 0 Å². The SMILES string of the molecule is COC(=O)C1=[C-]C[C@@H]2CC[C@H]1N2C.O=[C]=[Re](=[C]=O)=[C]=O.c1cc[cH-]c1. The predicted molar refractivity (Wildman–Crippen MR) is 87.1 cm³/mol. The van der Waals surface area contributed by atoms with Crippen LogP contribution in [0.2, 0.25) is 0 Å². The van der Waals surface area contributed by atoms with Gasteiger partial charge in [-0.05, 0) is 25.9 Å². The van der Waals surface area contributed by atoms with E-state index in [4.69, 9.17) is 4.74 Å². The average molecular weight is 516 g/mol. The number of methoxy groups -OCH3 is 1.